The molecule has 0 amide bonds. The lowest BCUT2D eigenvalue weighted by Gasteiger charge is -2.11. The zero-order valence-corrected chi connectivity index (χ0v) is 12.9. The SMILES string of the molecule is CCCCCCCCCCCCCC=CC(N)(N)N. The molecule has 0 bridgehead atoms. The fourth-order valence-corrected chi connectivity index (χ4v) is 2.21. The molecule has 0 spiro atoms. The van der Waals surface area contributed by atoms with Gasteiger partial charge in [-0.3, -0.25) is 17.2 Å². The van der Waals surface area contributed by atoms with Crippen molar-refractivity contribution in [3.8, 4) is 0 Å². The van der Waals surface area contributed by atoms with Gasteiger partial charge in [0.2, 0.25) is 0 Å². The van der Waals surface area contributed by atoms with Crippen LogP contribution in [0.3, 0.4) is 0 Å². The number of hydrogen-bond acceptors (Lipinski definition) is 3. The molecule has 114 valence electrons. The molecule has 3 heteroatoms. The Kier molecular flexibility index (Phi) is 12.4. The monoisotopic (exact) mass is 269 g/mol. The van der Waals surface area contributed by atoms with Gasteiger partial charge in [-0.2, -0.15) is 0 Å². The highest BCUT2D eigenvalue weighted by atomic mass is 15.1. The lowest BCUT2D eigenvalue weighted by molar-refractivity contribution is 0.549. The summed E-state index contributed by atoms with van der Waals surface area (Å²) >= 11 is 0. The Morgan fingerprint density at radius 3 is 1.53 bits per heavy atom. The number of hydrogen-bond donors (Lipinski definition) is 3. The van der Waals surface area contributed by atoms with Crippen molar-refractivity contribution in [3.63, 3.8) is 0 Å². The average molecular weight is 269 g/mol. The maximum Gasteiger partial charge on any atom is 0.135 e. The molecule has 0 rings (SSSR count). The van der Waals surface area contributed by atoms with Crippen LogP contribution in [0.4, 0.5) is 0 Å². The summed E-state index contributed by atoms with van der Waals surface area (Å²) in [4.78, 5) is 0. The van der Waals surface area contributed by atoms with Crippen LogP contribution < -0.4 is 17.2 Å². The van der Waals surface area contributed by atoms with Gasteiger partial charge in [-0.05, 0) is 18.9 Å². The minimum atomic E-state index is -1.14. The van der Waals surface area contributed by atoms with Gasteiger partial charge in [-0.15, -0.1) is 0 Å². The summed E-state index contributed by atoms with van der Waals surface area (Å²) in [5, 5.41) is 0. The van der Waals surface area contributed by atoms with E-state index >= 15 is 0 Å². The molecule has 19 heavy (non-hydrogen) atoms. The van der Waals surface area contributed by atoms with Gasteiger partial charge in [0, 0.05) is 0 Å². The highest BCUT2D eigenvalue weighted by Crippen LogP contribution is 2.12. The van der Waals surface area contributed by atoms with E-state index in [1.165, 1.54) is 70.6 Å². The number of rotatable bonds is 13. The summed E-state index contributed by atoms with van der Waals surface area (Å²) in [6, 6.07) is 0. The van der Waals surface area contributed by atoms with Gasteiger partial charge in [0.1, 0.15) is 5.79 Å². The van der Waals surface area contributed by atoms with Crippen LogP contribution in [0.2, 0.25) is 0 Å². The quantitative estimate of drug-likeness (QED) is 0.270. The summed E-state index contributed by atoms with van der Waals surface area (Å²) < 4.78 is 0. The Morgan fingerprint density at radius 1 is 0.684 bits per heavy atom. The fourth-order valence-electron chi connectivity index (χ4n) is 2.21. The van der Waals surface area contributed by atoms with E-state index in [1.807, 2.05) is 6.08 Å². The van der Waals surface area contributed by atoms with Gasteiger partial charge in [0.05, 0.1) is 0 Å². The molecule has 0 saturated carbocycles. The standard InChI is InChI=1S/C16H35N3/c1-2-3-4-5-6-7-8-9-10-11-12-13-14-15-16(17,18)19/h14-15H,2-13,17-19H2,1H3. The summed E-state index contributed by atoms with van der Waals surface area (Å²) in [6.45, 7) is 2.27. The van der Waals surface area contributed by atoms with E-state index in [4.69, 9.17) is 17.2 Å². The topological polar surface area (TPSA) is 78.1 Å². The normalized spacial score (nSPS) is 12.4. The van der Waals surface area contributed by atoms with Crippen LogP contribution in [0.1, 0.15) is 84.0 Å². The summed E-state index contributed by atoms with van der Waals surface area (Å²) in [5.41, 5.74) is 16.3. The summed E-state index contributed by atoms with van der Waals surface area (Å²) in [5.74, 6) is -1.14. The molecule has 0 radical (unpaired) electrons. The largest absolute Gasteiger partial charge is 0.298 e. The Labute approximate surface area is 120 Å². The molecular formula is C16H35N3. The molecule has 3 nitrogen and oxygen atoms in total. The van der Waals surface area contributed by atoms with Crippen molar-refractivity contribution < 1.29 is 0 Å². The first-order valence-corrected chi connectivity index (χ1v) is 8.10. The maximum absolute atomic E-state index is 5.44. The van der Waals surface area contributed by atoms with E-state index in [2.05, 4.69) is 6.92 Å². The van der Waals surface area contributed by atoms with Crippen molar-refractivity contribution in [1.29, 1.82) is 0 Å². The fraction of sp³-hybridized carbons (Fsp3) is 0.875. The van der Waals surface area contributed by atoms with Gasteiger partial charge in [0.15, 0.2) is 0 Å². The summed E-state index contributed by atoms with van der Waals surface area (Å²) in [6.07, 6.45) is 19.8. The second-order valence-corrected chi connectivity index (χ2v) is 5.73. The highest BCUT2D eigenvalue weighted by molar-refractivity contribution is 4.96. The van der Waals surface area contributed by atoms with Crippen molar-refractivity contribution in [2.45, 2.75) is 89.8 Å². The zero-order valence-electron chi connectivity index (χ0n) is 12.9. The molecule has 6 N–H and O–H groups in total. The molecule has 0 heterocycles. The molecule has 0 unspecified atom stereocenters. The minimum Gasteiger partial charge on any atom is -0.298 e. The lowest BCUT2D eigenvalue weighted by atomic mass is 10.1. The van der Waals surface area contributed by atoms with Gasteiger partial charge in [-0.25, -0.2) is 0 Å². The van der Waals surface area contributed by atoms with Crippen LogP contribution in [0.15, 0.2) is 12.2 Å². The van der Waals surface area contributed by atoms with Crippen molar-refractivity contribution in [3.05, 3.63) is 12.2 Å². The Morgan fingerprint density at radius 2 is 1.11 bits per heavy atom. The van der Waals surface area contributed by atoms with Crippen LogP contribution in [0.5, 0.6) is 0 Å². The second-order valence-electron chi connectivity index (χ2n) is 5.73. The molecule has 0 aliphatic carbocycles. The first-order chi connectivity index (χ1) is 9.06. The van der Waals surface area contributed by atoms with Gasteiger partial charge in [-0.1, -0.05) is 77.2 Å². The van der Waals surface area contributed by atoms with Crippen LogP contribution >= 0.6 is 0 Å². The number of allylic oxidation sites excluding steroid dienone is 1. The maximum atomic E-state index is 5.44. The van der Waals surface area contributed by atoms with Crippen LogP contribution in [0, 0.1) is 0 Å². The van der Waals surface area contributed by atoms with Crippen molar-refractivity contribution in [2.75, 3.05) is 0 Å². The van der Waals surface area contributed by atoms with E-state index in [-0.39, 0.29) is 0 Å². The Bertz CT molecular complexity index is 207. The Hall–Kier alpha value is -0.380. The first-order valence-electron chi connectivity index (χ1n) is 8.10. The molecular weight excluding hydrogens is 234 g/mol. The van der Waals surface area contributed by atoms with Gasteiger partial charge >= 0.3 is 0 Å². The molecule has 0 fully saturated rings. The highest BCUT2D eigenvalue weighted by Gasteiger charge is 2.03. The zero-order chi connectivity index (χ0) is 14.4. The van der Waals surface area contributed by atoms with E-state index in [9.17, 15) is 0 Å². The van der Waals surface area contributed by atoms with Gasteiger partial charge in [0.25, 0.3) is 0 Å². The molecule has 0 aromatic carbocycles. The van der Waals surface area contributed by atoms with E-state index < -0.39 is 5.79 Å². The van der Waals surface area contributed by atoms with Crippen molar-refractivity contribution in [2.24, 2.45) is 17.2 Å². The second kappa shape index (κ2) is 12.6. The third kappa shape index (κ3) is 17.6. The predicted octanol–water partition coefficient (Wildman–Crippen LogP) is 3.77. The lowest BCUT2D eigenvalue weighted by Crippen LogP contribution is -2.56. The first kappa shape index (κ1) is 18.6. The van der Waals surface area contributed by atoms with Crippen molar-refractivity contribution >= 4 is 0 Å². The number of unbranched alkanes of at least 4 members (excludes halogenated alkanes) is 11. The molecule has 0 aromatic heterocycles. The average Bonchev–Trinajstić information content (AvgIpc) is 2.34. The van der Waals surface area contributed by atoms with Crippen molar-refractivity contribution in [1.82, 2.24) is 0 Å². The minimum absolute atomic E-state index is 1.03. The third-order valence-corrected chi connectivity index (χ3v) is 3.38. The van der Waals surface area contributed by atoms with Crippen LogP contribution in [0.25, 0.3) is 0 Å². The molecule has 0 saturated heterocycles. The smallest absolute Gasteiger partial charge is 0.135 e. The molecule has 0 aliphatic heterocycles. The number of nitrogens with two attached hydrogens (primary N) is 3. The third-order valence-electron chi connectivity index (χ3n) is 3.38. The molecule has 0 aromatic rings. The van der Waals surface area contributed by atoms with E-state index in [0.29, 0.717) is 0 Å². The Balaban J connectivity index is 3.09. The van der Waals surface area contributed by atoms with Crippen LogP contribution in [-0.4, -0.2) is 5.79 Å². The van der Waals surface area contributed by atoms with Gasteiger partial charge < -0.3 is 0 Å². The molecule has 0 atom stereocenters. The summed E-state index contributed by atoms with van der Waals surface area (Å²) in [7, 11) is 0. The van der Waals surface area contributed by atoms with Crippen LogP contribution in [-0.2, 0) is 0 Å². The van der Waals surface area contributed by atoms with E-state index in [0.717, 1.165) is 6.42 Å². The molecule has 0 aliphatic rings. The van der Waals surface area contributed by atoms with E-state index in [1.54, 1.807) is 6.08 Å². The predicted molar refractivity (Wildman–Crippen MR) is 85.5 cm³/mol.